The number of piperidine rings is 1. The molecule has 5 nitrogen and oxygen atoms in total. The second-order valence-corrected chi connectivity index (χ2v) is 9.63. The maximum absolute atomic E-state index is 13.6. The molecule has 0 bridgehead atoms. The molecule has 176 valence electrons. The standard InChI is InChI=1S/C28H29ClN2O3/c1-33-23-8-4-6-21(16-23)27(32)31-19-28(25-17-24(34-2)9-10-26(25)31)11-13-30(14-12-28)18-20-5-3-7-22(29)15-20/h3-10,15-17H,11-14,18-19H2,1-2H3. The Morgan fingerprint density at radius 1 is 0.941 bits per heavy atom. The van der Waals surface area contributed by atoms with Gasteiger partial charge in [0, 0.05) is 34.8 Å². The monoisotopic (exact) mass is 476 g/mol. The number of ether oxygens (including phenoxy) is 2. The van der Waals surface area contributed by atoms with Crippen LogP contribution in [0.5, 0.6) is 11.5 Å². The Hall–Kier alpha value is -3.02. The highest BCUT2D eigenvalue weighted by molar-refractivity contribution is 6.30. The van der Waals surface area contributed by atoms with Crippen LogP contribution in [-0.2, 0) is 12.0 Å². The highest BCUT2D eigenvalue weighted by Crippen LogP contribution is 2.49. The number of amides is 1. The minimum atomic E-state index is -0.0801. The summed E-state index contributed by atoms with van der Waals surface area (Å²) >= 11 is 6.19. The molecule has 0 unspecified atom stereocenters. The molecule has 0 atom stereocenters. The van der Waals surface area contributed by atoms with E-state index in [1.54, 1.807) is 14.2 Å². The number of hydrogen-bond donors (Lipinski definition) is 0. The van der Waals surface area contributed by atoms with E-state index in [0.29, 0.717) is 17.9 Å². The molecule has 6 heteroatoms. The van der Waals surface area contributed by atoms with Crippen LogP contribution in [0.2, 0.25) is 5.02 Å². The molecule has 0 N–H and O–H groups in total. The SMILES string of the molecule is COc1cccc(C(=O)N2CC3(CCN(Cc4cccc(Cl)c4)CC3)c3cc(OC)ccc32)c1. The van der Waals surface area contributed by atoms with Crippen molar-refractivity contribution < 1.29 is 14.3 Å². The lowest BCUT2D eigenvalue weighted by molar-refractivity contribution is 0.0975. The Bertz CT molecular complexity index is 1200. The number of carbonyl (C=O) groups is 1. The first kappa shape index (κ1) is 22.8. The molecule has 1 spiro atoms. The molecule has 1 fully saturated rings. The van der Waals surface area contributed by atoms with Crippen molar-refractivity contribution in [3.63, 3.8) is 0 Å². The van der Waals surface area contributed by atoms with E-state index in [1.165, 1.54) is 11.1 Å². The van der Waals surface area contributed by atoms with Gasteiger partial charge < -0.3 is 14.4 Å². The molecule has 0 radical (unpaired) electrons. The van der Waals surface area contributed by atoms with E-state index in [9.17, 15) is 4.79 Å². The maximum atomic E-state index is 13.6. The fourth-order valence-corrected chi connectivity index (χ4v) is 5.54. The zero-order valence-corrected chi connectivity index (χ0v) is 20.3. The fraction of sp³-hybridized carbons (Fsp3) is 0.321. The van der Waals surface area contributed by atoms with Crippen molar-refractivity contribution in [2.24, 2.45) is 0 Å². The summed E-state index contributed by atoms with van der Waals surface area (Å²) in [6.45, 7) is 3.49. The van der Waals surface area contributed by atoms with Crippen LogP contribution < -0.4 is 14.4 Å². The number of fused-ring (bicyclic) bond motifs is 2. The third-order valence-electron chi connectivity index (χ3n) is 7.20. The molecular formula is C28H29ClN2O3. The molecule has 1 saturated heterocycles. The van der Waals surface area contributed by atoms with E-state index >= 15 is 0 Å². The van der Waals surface area contributed by atoms with Gasteiger partial charge in [-0.2, -0.15) is 0 Å². The first-order chi connectivity index (χ1) is 16.5. The summed E-state index contributed by atoms with van der Waals surface area (Å²) in [5.41, 5.74) is 3.98. The number of carbonyl (C=O) groups excluding carboxylic acids is 1. The van der Waals surface area contributed by atoms with Crippen molar-refractivity contribution in [1.82, 2.24) is 4.90 Å². The number of rotatable bonds is 5. The van der Waals surface area contributed by atoms with E-state index < -0.39 is 0 Å². The average molecular weight is 477 g/mol. The first-order valence-corrected chi connectivity index (χ1v) is 12.0. The van der Waals surface area contributed by atoms with E-state index in [2.05, 4.69) is 17.0 Å². The lowest BCUT2D eigenvalue weighted by atomic mass is 9.74. The van der Waals surface area contributed by atoms with Crippen LogP contribution in [-0.4, -0.2) is 44.7 Å². The molecule has 1 amide bonds. The van der Waals surface area contributed by atoms with Crippen molar-refractivity contribution in [3.8, 4) is 11.5 Å². The lowest BCUT2D eigenvalue weighted by Gasteiger charge is -2.40. The van der Waals surface area contributed by atoms with Crippen molar-refractivity contribution >= 4 is 23.2 Å². The predicted molar refractivity (Wildman–Crippen MR) is 135 cm³/mol. The maximum Gasteiger partial charge on any atom is 0.258 e. The Morgan fingerprint density at radius 3 is 2.41 bits per heavy atom. The van der Waals surface area contributed by atoms with Crippen molar-refractivity contribution in [2.45, 2.75) is 24.8 Å². The van der Waals surface area contributed by atoms with Crippen LogP contribution in [0.4, 0.5) is 5.69 Å². The molecule has 2 aliphatic heterocycles. The van der Waals surface area contributed by atoms with E-state index in [1.807, 2.05) is 59.5 Å². The van der Waals surface area contributed by atoms with E-state index in [4.69, 9.17) is 21.1 Å². The molecule has 3 aromatic carbocycles. The van der Waals surface area contributed by atoms with E-state index in [0.717, 1.165) is 48.9 Å². The van der Waals surface area contributed by atoms with Gasteiger partial charge in [-0.1, -0.05) is 29.8 Å². The van der Waals surface area contributed by atoms with Gasteiger partial charge in [0.2, 0.25) is 0 Å². The topological polar surface area (TPSA) is 42.0 Å². The predicted octanol–water partition coefficient (Wildman–Crippen LogP) is 5.55. The Morgan fingerprint density at radius 2 is 1.68 bits per heavy atom. The van der Waals surface area contributed by atoms with Gasteiger partial charge in [0.1, 0.15) is 11.5 Å². The highest BCUT2D eigenvalue weighted by Gasteiger charge is 2.46. The lowest BCUT2D eigenvalue weighted by Crippen LogP contribution is -2.45. The second-order valence-electron chi connectivity index (χ2n) is 9.19. The van der Waals surface area contributed by atoms with Gasteiger partial charge in [-0.05, 0) is 85.6 Å². The molecule has 2 aliphatic rings. The summed E-state index contributed by atoms with van der Waals surface area (Å²) in [6, 6.07) is 21.6. The Balaban J connectivity index is 1.41. The Labute approximate surface area is 205 Å². The third-order valence-corrected chi connectivity index (χ3v) is 7.43. The normalized spacial score (nSPS) is 17.0. The number of likely N-dealkylation sites (tertiary alicyclic amines) is 1. The van der Waals surface area contributed by atoms with Crippen molar-refractivity contribution in [2.75, 3.05) is 38.8 Å². The summed E-state index contributed by atoms with van der Waals surface area (Å²) in [5.74, 6) is 1.52. The van der Waals surface area contributed by atoms with Gasteiger partial charge in [-0.3, -0.25) is 9.69 Å². The zero-order valence-electron chi connectivity index (χ0n) is 19.6. The summed E-state index contributed by atoms with van der Waals surface area (Å²) in [6.07, 6.45) is 1.96. The summed E-state index contributed by atoms with van der Waals surface area (Å²) < 4.78 is 10.9. The van der Waals surface area contributed by atoms with Crippen LogP contribution in [0.1, 0.15) is 34.3 Å². The first-order valence-electron chi connectivity index (χ1n) is 11.6. The number of nitrogens with zero attached hydrogens (tertiary/aromatic N) is 2. The molecule has 0 aromatic heterocycles. The number of benzene rings is 3. The molecule has 2 heterocycles. The quantitative estimate of drug-likeness (QED) is 0.484. The summed E-state index contributed by atoms with van der Waals surface area (Å²) in [4.78, 5) is 18.0. The average Bonchev–Trinajstić information content (AvgIpc) is 3.18. The molecule has 0 aliphatic carbocycles. The van der Waals surface area contributed by atoms with Crippen molar-refractivity contribution in [3.05, 3.63) is 88.4 Å². The van der Waals surface area contributed by atoms with Crippen molar-refractivity contribution in [1.29, 1.82) is 0 Å². The zero-order chi connectivity index (χ0) is 23.7. The van der Waals surface area contributed by atoms with Crippen LogP contribution in [0.25, 0.3) is 0 Å². The van der Waals surface area contributed by atoms with Crippen LogP contribution >= 0.6 is 11.6 Å². The summed E-state index contributed by atoms with van der Waals surface area (Å²) in [7, 11) is 3.31. The van der Waals surface area contributed by atoms with Crippen LogP contribution in [0, 0.1) is 0 Å². The minimum absolute atomic E-state index is 0.00329. The summed E-state index contributed by atoms with van der Waals surface area (Å²) in [5, 5.41) is 0.773. The molecule has 34 heavy (non-hydrogen) atoms. The van der Waals surface area contributed by atoms with Gasteiger partial charge in [0.25, 0.3) is 5.91 Å². The van der Waals surface area contributed by atoms with Gasteiger partial charge in [0.15, 0.2) is 0 Å². The number of hydrogen-bond acceptors (Lipinski definition) is 4. The molecule has 0 saturated carbocycles. The molecule has 5 rings (SSSR count). The number of halogens is 1. The molecule has 3 aromatic rings. The van der Waals surface area contributed by atoms with Crippen LogP contribution in [0.3, 0.4) is 0 Å². The number of anilines is 1. The highest BCUT2D eigenvalue weighted by atomic mass is 35.5. The fourth-order valence-electron chi connectivity index (χ4n) is 5.33. The Kier molecular flexibility index (Phi) is 6.24. The third kappa shape index (κ3) is 4.26. The number of methoxy groups -OCH3 is 2. The molecular weight excluding hydrogens is 448 g/mol. The van der Waals surface area contributed by atoms with E-state index in [-0.39, 0.29) is 11.3 Å². The largest absolute Gasteiger partial charge is 0.497 e. The van der Waals surface area contributed by atoms with Gasteiger partial charge >= 0.3 is 0 Å². The van der Waals surface area contributed by atoms with Gasteiger partial charge in [-0.25, -0.2) is 0 Å². The minimum Gasteiger partial charge on any atom is -0.497 e. The van der Waals surface area contributed by atoms with Gasteiger partial charge in [-0.15, -0.1) is 0 Å². The van der Waals surface area contributed by atoms with Gasteiger partial charge in [0.05, 0.1) is 14.2 Å². The van der Waals surface area contributed by atoms with Crippen LogP contribution in [0.15, 0.2) is 66.7 Å². The smallest absolute Gasteiger partial charge is 0.258 e. The second kappa shape index (κ2) is 9.32.